The Bertz CT molecular complexity index is 3130. The zero-order valence-electron chi connectivity index (χ0n) is 35.0. The monoisotopic (exact) mass is 802 g/mol. The van der Waals surface area contributed by atoms with Crippen molar-refractivity contribution in [1.82, 2.24) is 9.55 Å². The lowest BCUT2D eigenvalue weighted by molar-refractivity contribution is 0.483. The van der Waals surface area contributed by atoms with Crippen molar-refractivity contribution in [1.29, 1.82) is 0 Å². The fraction of sp³-hybridized carbons (Fsp3) is 0.0702. The van der Waals surface area contributed by atoms with E-state index in [0.717, 1.165) is 89.9 Å². The van der Waals surface area contributed by atoms with Gasteiger partial charge in [-0.25, -0.2) is 4.98 Å². The molecule has 5 nitrogen and oxygen atoms in total. The molecule has 8 aromatic carbocycles. The number of nitrogens with one attached hydrogen (secondary N) is 2. The van der Waals surface area contributed by atoms with Gasteiger partial charge < -0.3 is 15.4 Å². The molecule has 0 saturated heterocycles. The van der Waals surface area contributed by atoms with E-state index in [2.05, 4.69) is 224 Å². The van der Waals surface area contributed by atoms with Crippen LogP contribution in [0.15, 0.2) is 212 Å². The summed E-state index contributed by atoms with van der Waals surface area (Å²) in [7, 11) is 0. The average molecular weight is 803 g/mol. The van der Waals surface area contributed by atoms with E-state index in [4.69, 9.17) is 9.72 Å². The summed E-state index contributed by atoms with van der Waals surface area (Å²) in [6, 6.07) is 71.7. The Labute approximate surface area is 363 Å². The molecule has 2 heterocycles. The number of fused-ring (bicyclic) bond motifs is 3. The molecule has 0 unspecified atom stereocenters. The second-order valence-corrected chi connectivity index (χ2v) is 16.6. The van der Waals surface area contributed by atoms with Crippen molar-refractivity contribution in [2.75, 3.05) is 10.6 Å². The van der Waals surface area contributed by atoms with Gasteiger partial charge >= 0.3 is 0 Å². The molecule has 5 heteroatoms. The van der Waals surface area contributed by atoms with Gasteiger partial charge in [0.25, 0.3) is 0 Å². The van der Waals surface area contributed by atoms with Crippen LogP contribution < -0.4 is 15.4 Å². The Morgan fingerprint density at radius 3 is 1.66 bits per heavy atom. The first-order valence-corrected chi connectivity index (χ1v) is 21.1. The molecular formula is C57H46N4O. The Morgan fingerprint density at radius 2 is 1.00 bits per heavy atom. The zero-order chi connectivity index (χ0) is 42.0. The first-order chi connectivity index (χ1) is 30.4. The predicted molar refractivity (Wildman–Crippen MR) is 260 cm³/mol. The summed E-state index contributed by atoms with van der Waals surface area (Å²) in [4.78, 5) is 5.12. The summed E-state index contributed by atoms with van der Waals surface area (Å²) in [5.74, 6) is 2.34. The van der Waals surface area contributed by atoms with Crippen molar-refractivity contribution < 1.29 is 4.74 Å². The third-order valence-electron chi connectivity index (χ3n) is 11.4. The number of pyridine rings is 1. The molecule has 2 N–H and O–H groups in total. The van der Waals surface area contributed by atoms with Crippen LogP contribution in [-0.2, 0) is 5.41 Å². The Balaban J connectivity index is 0.979. The molecule has 0 amide bonds. The lowest BCUT2D eigenvalue weighted by Crippen LogP contribution is -2.14. The topological polar surface area (TPSA) is 51.1 Å². The number of aromatic nitrogens is 2. The molecular weight excluding hydrogens is 757 g/mol. The van der Waals surface area contributed by atoms with Gasteiger partial charge in [-0.1, -0.05) is 166 Å². The van der Waals surface area contributed by atoms with Crippen molar-refractivity contribution in [2.45, 2.75) is 26.2 Å². The highest BCUT2D eigenvalue weighted by Gasteiger charge is 2.23. The Morgan fingerprint density at radius 1 is 0.452 bits per heavy atom. The van der Waals surface area contributed by atoms with Crippen LogP contribution in [-0.4, -0.2) is 9.55 Å². The Kier molecular flexibility index (Phi) is 10.1. The van der Waals surface area contributed by atoms with Crippen LogP contribution in [0.4, 0.5) is 22.7 Å². The van der Waals surface area contributed by atoms with E-state index in [1.807, 2.05) is 24.4 Å². The van der Waals surface area contributed by atoms with Crippen LogP contribution in [0.1, 0.15) is 26.3 Å². The molecule has 0 aliphatic carbocycles. The quantitative estimate of drug-likeness (QED) is 0.145. The third-order valence-corrected chi connectivity index (χ3v) is 11.4. The standard InChI is InChI=1S/C57H46N4O/c1-57(2,3)50-37-55(58-38-49(50)41-23-11-6-12-24-41)61-53-32-16-13-27-47(53)48-34-33-44(36-54(48)61)62-43-26-17-25-42(35-43)59-51-30-14-15-31-52(51)60-56-45(39-19-7-4-8-20-39)28-18-29-46(56)40-21-9-5-10-22-40/h4-38,59-60H,1-3H3. The van der Waals surface area contributed by atoms with Crippen LogP contribution in [0.25, 0.3) is 61.0 Å². The highest BCUT2D eigenvalue weighted by molar-refractivity contribution is 6.09. The first-order valence-electron chi connectivity index (χ1n) is 21.1. The lowest BCUT2D eigenvalue weighted by Gasteiger charge is -2.24. The van der Waals surface area contributed by atoms with Gasteiger partial charge in [0, 0.05) is 51.5 Å². The number of benzene rings is 8. The second kappa shape index (κ2) is 16.3. The van der Waals surface area contributed by atoms with E-state index < -0.39 is 0 Å². The molecule has 0 aliphatic heterocycles. The summed E-state index contributed by atoms with van der Waals surface area (Å²) >= 11 is 0. The normalized spacial score (nSPS) is 11.5. The number of para-hydroxylation sites is 4. The molecule has 2 aromatic heterocycles. The number of hydrogen-bond donors (Lipinski definition) is 2. The van der Waals surface area contributed by atoms with E-state index in [0.29, 0.717) is 0 Å². The van der Waals surface area contributed by atoms with Gasteiger partial charge in [-0.3, -0.25) is 4.57 Å². The largest absolute Gasteiger partial charge is 0.457 e. The molecule has 300 valence electrons. The smallest absolute Gasteiger partial charge is 0.137 e. The summed E-state index contributed by atoms with van der Waals surface area (Å²) in [6.45, 7) is 6.80. The van der Waals surface area contributed by atoms with Gasteiger partial charge in [-0.05, 0) is 76.2 Å². The summed E-state index contributed by atoms with van der Waals surface area (Å²) in [5.41, 5.74) is 14.0. The predicted octanol–water partition coefficient (Wildman–Crippen LogP) is 15.8. The third kappa shape index (κ3) is 7.57. The van der Waals surface area contributed by atoms with Gasteiger partial charge in [0.15, 0.2) is 0 Å². The van der Waals surface area contributed by atoms with Gasteiger partial charge in [-0.2, -0.15) is 0 Å². The molecule has 0 saturated carbocycles. The fourth-order valence-corrected chi connectivity index (χ4v) is 8.46. The highest BCUT2D eigenvalue weighted by Crippen LogP contribution is 2.42. The van der Waals surface area contributed by atoms with Gasteiger partial charge in [-0.15, -0.1) is 0 Å². The van der Waals surface area contributed by atoms with E-state index in [1.54, 1.807) is 0 Å². The SMILES string of the molecule is CC(C)(C)c1cc(-n2c3ccccc3c3ccc(Oc4cccc(Nc5ccccc5Nc5c(-c6ccccc6)cccc5-c5ccccc5)c4)cc32)ncc1-c1ccccc1. The minimum atomic E-state index is -0.108. The molecule has 10 aromatic rings. The molecule has 0 spiro atoms. The molecule has 0 radical (unpaired) electrons. The van der Waals surface area contributed by atoms with Crippen LogP contribution in [0, 0.1) is 0 Å². The number of anilines is 4. The van der Waals surface area contributed by atoms with E-state index >= 15 is 0 Å². The average Bonchev–Trinajstić information content (AvgIpc) is 3.64. The van der Waals surface area contributed by atoms with Crippen LogP contribution in [0.3, 0.4) is 0 Å². The van der Waals surface area contributed by atoms with Crippen molar-refractivity contribution in [3.05, 3.63) is 218 Å². The first kappa shape index (κ1) is 38.3. The molecule has 0 bridgehead atoms. The van der Waals surface area contributed by atoms with Gasteiger partial charge in [0.2, 0.25) is 0 Å². The number of ether oxygens (including phenoxy) is 1. The maximum Gasteiger partial charge on any atom is 0.137 e. The van der Waals surface area contributed by atoms with Crippen molar-refractivity contribution in [3.63, 3.8) is 0 Å². The van der Waals surface area contributed by atoms with E-state index in [-0.39, 0.29) is 5.41 Å². The maximum absolute atomic E-state index is 6.67. The Hall–Kier alpha value is -7.89. The number of rotatable bonds is 10. The summed E-state index contributed by atoms with van der Waals surface area (Å²) in [5, 5.41) is 9.85. The summed E-state index contributed by atoms with van der Waals surface area (Å²) in [6.07, 6.45) is 2.03. The highest BCUT2D eigenvalue weighted by atomic mass is 16.5. The van der Waals surface area contributed by atoms with Crippen LogP contribution >= 0.6 is 0 Å². The van der Waals surface area contributed by atoms with E-state index in [9.17, 15) is 0 Å². The van der Waals surface area contributed by atoms with Crippen molar-refractivity contribution in [3.8, 4) is 50.7 Å². The van der Waals surface area contributed by atoms with Crippen LogP contribution in [0.5, 0.6) is 11.5 Å². The van der Waals surface area contributed by atoms with E-state index in [1.165, 1.54) is 10.9 Å². The number of hydrogen-bond acceptors (Lipinski definition) is 4. The summed E-state index contributed by atoms with van der Waals surface area (Å²) < 4.78 is 8.94. The zero-order valence-corrected chi connectivity index (χ0v) is 35.0. The van der Waals surface area contributed by atoms with Crippen LogP contribution in [0.2, 0.25) is 0 Å². The number of nitrogens with zero attached hydrogens (tertiary/aromatic N) is 2. The molecule has 0 atom stereocenters. The minimum absolute atomic E-state index is 0.108. The minimum Gasteiger partial charge on any atom is -0.457 e. The lowest BCUT2D eigenvalue weighted by atomic mass is 9.82. The molecule has 10 rings (SSSR count). The van der Waals surface area contributed by atoms with Gasteiger partial charge in [0.05, 0.1) is 28.1 Å². The van der Waals surface area contributed by atoms with Gasteiger partial charge in [0.1, 0.15) is 17.3 Å². The molecule has 0 fully saturated rings. The fourth-order valence-electron chi connectivity index (χ4n) is 8.46. The molecule has 0 aliphatic rings. The van der Waals surface area contributed by atoms with Crippen molar-refractivity contribution >= 4 is 44.6 Å². The maximum atomic E-state index is 6.67. The van der Waals surface area contributed by atoms with Crippen molar-refractivity contribution in [2.24, 2.45) is 0 Å². The molecule has 62 heavy (non-hydrogen) atoms. The second-order valence-electron chi connectivity index (χ2n) is 16.6.